The second kappa shape index (κ2) is 6.30. The molecular weight excluding hydrogens is 246 g/mol. The van der Waals surface area contributed by atoms with Crippen LogP contribution in [0.2, 0.25) is 0 Å². The smallest absolute Gasteiger partial charge is 0.0624 e. The Labute approximate surface area is 124 Å². The number of nitrogens with zero attached hydrogens (tertiary/aromatic N) is 2. The van der Waals surface area contributed by atoms with E-state index in [-0.39, 0.29) is 0 Å². The van der Waals surface area contributed by atoms with E-state index in [4.69, 9.17) is 5.10 Å². The van der Waals surface area contributed by atoms with Crippen molar-refractivity contribution in [1.29, 1.82) is 0 Å². The molecule has 1 aromatic rings. The molecule has 1 aliphatic carbocycles. The summed E-state index contributed by atoms with van der Waals surface area (Å²) < 4.78 is 2.20. The first-order valence-electron chi connectivity index (χ1n) is 8.27. The maximum atomic E-state index is 4.70. The highest BCUT2D eigenvalue weighted by molar-refractivity contribution is 5.14. The van der Waals surface area contributed by atoms with Gasteiger partial charge in [0.25, 0.3) is 0 Å². The summed E-state index contributed by atoms with van der Waals surface area (Å²) in [6.07, 6.45) is 4.98. The monoisotopic (exact) mass is 277 g/mol. The van der Waals surface area contributed by atoms with Crippen molar-refractivity contribution < 1.29 is 0 Å². The van der Waals surface area contributed by atoms with Crippen LogP contribution in [0.3, 0.4) is 0 Å². The molecule has 0 amide bonds. The summed E-state index contributed by atoms with van der Waals surface area (Å²) in [6, 6.07) is 2.88. The summed E-state index contributed by atoms with van der Waals surface area (Å²) in [7, 11) is 0. The van der Waals surface area contributed by atoms with Crippen molar-refractivity contribution in [3.8, 4) is 0 Å². The molecule has 1 heterocycles. The van der Waals surface area contributed by atoms with Gasteiger partial charge >= 0.3 is 0 Å². The predicted molar refractivity (Wildman–Crippen MR) is 85.0 cm³/mol. The molecule has 1 saturated carbocycles. The zero-order valence-corrected chi connectivity index (χ0v) is 13.9. The minimum atomic E-state index is 0.377. The molecule has 3 heteroatoms. The lowest BCUT2D eigenvalue weighted by atomic mass is 9.80. The highest BCUT2D eigenvalue weighted by Crippen LogP contribution is 2.47. The number of aryl methyl sites for hydroxylation is 2. The molecule has 114 valence electrons. The van der Waals surface area contributed by atoms with Crippen molar-refractivity contribution in [3.05, 3.63) is 17.5 Å². The first-order valence-corrected chi connectivity index (χ1v) is 8.27. The third-order valence-electron chi connectivity index (χ3n) is 4.64. The molecule has 20 heavy (non-hydrogen) atoms. The van der Waals surface area contributed by atoms with E-state index in [9.17, 15) is 0 Å². The van der Waals surface area contributed by atoms with Gasteiger partial charge < -0.3 is 5.32 Å². The van der Waals surface area contributed by atoms with Crippen molar-refractivity contribution in [2.24, 2.45) is 11.3 Å². The second-order valence-corrected chi connectivity index (χ2v) is 6.94. The quantitative estimate of drug-likeness (QED) is 0.789. The van der Waals surface area contributed by atoms with Gasteiger partial charge in [-0.2, -0.15) is 5.10 Å². The highest BCUT2D eigenvalue weighted by atomic mass is 15.3. The van der Waals surface area contributed by atoms with Crippen LogP contribution in [0, 0.1) is 11.3 Å². The molecule has 3 nitrogen and oxygen atoms in total. The van der Waals surface area contributed by atoms with Gasteiger partial charge in [-0.05, 0) is 50.0 Å². The summed E-state index contributed by atoms with van der Waals surface area (Å²) in [5.41, 5.74) is 3.03. The second-order valence-electron chi connectivity index (χ2n) is 6.94. The Balaban J connectivity index is 2.13. The lowest BCUT2D eigenvalue weighted by Crippen LogP contribution is -2.39. The third-order valence-corrected chi connectivity index (χ3v) is 4.64. The van der Waals surface area contributed by atoms with E-state index in [1.54, 1.807) is 0 Å². The SMILES string of the molecule is CCc1cc(CC(C)(CNC(C)C)C2CC2)n(CC)n1. The van der Waals surface area contributed by atoms with Gasteiger partial charge in [0.05, 0.1) is 5.69 Å². The molecule has 0 aliphatic heterocycles. The maximum Gasteiger partial charge on any atom is 0.0624 e. The molecule has 2 rings (SSSR count). The fraction of sp³-hybridized carbons (Fsp3) is 0.824. The third kappa shape index (κ3) is 3.63. The Hall–Kier alpha value is -0.830. The van der Waals surface area contributed by atoms with E-state index in [1.807, 2.05) is 0 Å². The van der Waals surface area contributed by atoms with Gasteiger partial charge in [-0.15, -0.1) is 0 Å². The molecular formula is C17H31N3. The molecule has 0 radical (unpaired) electrons. The van der Waals surface area contributed by atoms with E-state index < -0.39 is 0 Å². The van der Waals surface area contributed by atoms with Gasteiger partial charge in [-0.3, -0.25) is 4.68 Å². The molecule has 0 saturated heterocycles. The maximum absolute atomic E-state index is 4.70. The minimum absolute atomic E-state index is 0.377. The van der Waals surface area contributed by atoms with E-state index >= 15 is 0 Å². The summed E-state index contributed by atoms with van der Waals surface area (Å²) in [4.78, 5) is 0. The van der Waals surface area contributed by atoms with E-state index in [2.05, 4.69) is 50.7 Å². The van der Waals surface area contributed by atoms with Crippen molar-refractivity contribution in [1.82, 2.24) is 15.1 Å². The van der Waals surface area contributed by atoms with Gasteiger partial charge in [0, 0.05) is 24.8 Å². The van der Waals surface area contributed by atoms with Crippen LogP contribution in [0.15, 0.2) is 6.07 Å². The molecule has 1 N–H and O–H groups in total. The van der Waals surface area contributed by atoms with Crippen LogP contribution in [0.25, 0.3) is 0 Å². The summed E-state index contributed by atoms with van der Waals surface area (Å²) in [6.45, 7) is 13.4. The summed E-state index contributed by atoms with van der Waals surface area (Å²) in [5.74, 6) is 0.888. The standard InChI is InChI=1S/C17H31N3/c1-6-15-10-16(20(7-2)19-15)11-17(5,14-8-9-14)12-18-13(3)4/h10,13-14,18H,6-9,11-12H2,1-5H3. The van der Waals surface area contributed by atoms with Crippen LogP contribution in [0.5, 0.6) is 0 Å². The van der Waals surface area contributed by atoms with E-state index in [0.29, 0.717) is 11.5 Å². The van der Waals surface area contributed by atoms with Gasteiger partial charge in [-0.1, -0.05) is 27.7 Å². The molecule has 1 atom stereocenters. The fourth-order valence-corrected chi connectivity index (χ4v) is 3.09. The van der Waals surface area contributed by atoms with Gasteiger partial charge in [0.2, 0.25) is 0 Å². The topological polar surface area (TPSA) is 29.9 Å². The number of hydrogen-bond donors (Lipinski definition) is 1. The lowest BCUT2D eigenvalue weighted by Gasteiger charge is -2.31. The van der Waals surface area contributed by atoms with Crippen molar-refractivity contribution in [2.45, 2.75) is 72.9 Å². The zero-order valence-electron chi connectivity index (χ0n) is 13.9. The van der Waals surface area contributed by atoms with Crippen molar-refractivity contribution in [2.75, 3.05) is 6.54 Å². The molecule has 1 aliphatic rings. The largest absolute Gasteiger partial charge is 0.314 e. The van der Waals surface area contributed by atoms with E-state index in [0.717, 1.165) is 31.8 Å². The molecule has 1 unspecified atom stereocenters. The molecule has 0 spiro atoms. The summed E-state index contributed by atoms with van der Waals surface area (Å²) in [5, 5.41) is 8.36. The highest BCUT2D eigenvalue weighted by Gasteiger charge is 2.41. The van der Waals surface area contributed by atoms with Crippen molar-refractivity contribution in [3.63, 3.8) is 0 Å². The minimum Gasteiger partial charge on any atom is -0.314 e. The average Bonchev–Trinajstić information content (AvgIpc) is 3.20. The number of nitrogens with one attached hydrogen (secondary N) is 1. The molecule has 1 aromatic heterocycles. The Morgan fingerprint density at radius 1 is 1.40 bits per heavy atom. The van der Waals surface area contributed by atoms with Crippen molar-refractivity contribution >= 4 is 0 Å². The Morgan fingerprint density at radius 2 is 2.10 bits per heavy atom. The number of hydrogen-bond acceptors (Lipinski definition) is 2. The van der Waals surface area contributed by atoms with Gasteiger partial charge in [-0.25, -0.2) is 0 Å². The Morgan fingerprint density at radius 3 is 2.60 bits per heavy atom. The van der Waals surface area contributed by atoms with Crippen LogP contribution in [-0.4, -0.2) is 22.4 Å². The van der Waals surface area contributed by atoms with Crippen LogP contribution in [-0.2, 0) is 19.4 Å². The first-order chi connectivity index (χ1) is 9.48. The number of rotatable bonds is 8. The molecule has 0 aromatic carbocycles. The first kappa shape index (κ1) is 15.6. The average molecular weight is 277 g/mol. The van der Waals surface area contributed by atoms with E-state index in [1.165, 1.54) is 24.2 Å². The van der Waals surface area contributed by atoms with Crippen LogP contribution in [0.4, 0.5) is 0 Å². The summed E-state index contributed by atoms with van der Waals surface area (Å²) >= 11 is 0. The number of aromatic nitrogens is 2. The normalized spacial score (nSPS) is 18.5. The Bertz CT molecular complexity index is 431. The zero-order chi connectivity index (χ0) is 14.8. The van der Waals surface area contributed by atoms with Gasteiger partial charge in [0.1, 0.15) is 0 Å². The fourth-order valence-electron chi connectivity index (χ4n) is 3.09. The Kier molecular flexibility index (Phi) is 4.90. The van der Waals surface area contributed by atoms with Crippen LogP contribution in [0.1, 0.15) is 58.8 Å². The molecule has 1 fully saturated rings. The predicted octanol–water partition coefficient (Wildman–Crippen LogP) is 3.42. The van der Waals surface area contributed by atoms with Crippen LogP contribution >= 0.6 is 0 Å². The van der Waals surface area contributed by atoms with Gasteiger partial charge in [0.15, 0.2) is 0 Å². The molecule has 0 bridgehead atoms. The van der Waals surface area contributed by atoms with Crippen LogP contribution < -0.4 is 5.32 Å². The lowest BCUT2D eigenvalue weighted by molar-refractivity contribution is 0.242.